The van der Waals surface area contributed by atoms with Gasteiger partial charge in [-0.25, -0.2) is 0 Å². The van der Waals surface area contributed by atoms with Gasteiger partial charge in [-0.05, 0) is 39.6 Å². The summed E-state index contributed by atoms with van der Waals surface area (Å²) in [5, 5.41) is 13.8. The first kappa shape index (κ1) is 29.1. The molecule has 0 unspecified atom stereocenters. The van der Waals surface area contributed by atoms with Gasteiger partial charge in [0.25, 0.3) is 0 Å². The smallest absolute Gasteiger partial charge is 0.229 e. The number of rotatable bonds is 12. The maximum atomic E-state index is 11.7. The summed E-state index contributed by atoms with van der Waals surface area (Å²) in [7, 11) is 0. The standard InChI is InChI=1S/C37H36O6/c38-34-36(41-25-29-16-8-3-9-17-29)35(40-24-28-14-6-2-7-15-28)33(26-39-23-27-12-4-1-5-13-27)43-37(34)42-32-21-20-30-18-10-11-19-31(30)22-32/h1-22,33-38H,23-26H2/t33-,34-,35-,36-,37-/m1/s1. The second-order valence-corrected chi connectivity index (χ2v) is 10.7. The zero-order valence-electron chi connectivity index (χ0n) is 23.9. The number of fused-ring (bicyclic) bond motifs is 1. The Morgan fingerprint density at radius 3 is 1.72 bits per heavy atom. The van der Waals surface area contributed by atoms with Crippen LogP contribution in [0, 0.1) is 0 Å². The van der Waals surface area contributed by atoms with Crippen molar-refractivity contribution in [1.29, 1.82) is 0 Å². The van der Waals surface area contributed by atoms with Crippen LogP contribution in [0.25, 0.3) is 10.8 Å². The normalized spacial score (nSPS) is 21.9. The van der Waals surface area contributed by atoms with E-state index in [1.165, 1.54) is 0 Å². The molecular weight excluding hydrogens is 540 g/mol. The molecule has 5 aromatic rings. The Hall–Kier alpha value is -4.04. The topological polar surface area (TPSA) is 66.4 Å². The molecule has 5 atom stereocenters. The summed E-state index contributed by atoms with van der Waals surface area (Å²) in [4.78, 5) is 0. The van der Waals surface area contributed by atoms with Crippen LogP contribution in [0.1, 0.15) is 16.7 Å². The lowest BCUT2D eigenvalue weighted by Gasteiger charge is -2.44. The van der Waals surface area contributed by atoms with Gasteiger partial charge in [0.1, 0.15) is 30.2 Å². The van der Waals surface area contributed by atoms with Gasteiger partial charge in [-0.1, -0.05) is 121 Å². The minimum absolute atomic E-state index is 0.226. The minimum atomic E-state index is -1.12. The Morgan fingerprint density at radius 2 is 1.09 bits per heavy atom. The van der Waals surface area contributed by atoms with Gasteiger partial charge in [0.05, 0.1) is 26.4 Å². The fourth-order valence-corrected chi connectivity index (χ4v) is 5.29. The zero-order valence-corrected chi connectivity index (χ0v) is 23.9. The van der Waals surface area contributed by atoms with E-state index in [0.29, 0.717) is 25.6 Å². The molecule has 0 bridgehead atoms. The summed E-state index contributed by atoms with van der Waals surface area (Å²) in [6.07, 6.45) is -4.05. The summed E-state index contributed by atoms with van der Waals surface area (Å²) >= 11 is 0. The van der Waals surface area contributed by atoms with Crippen molar-refractivity contribution in [2.75, 3.05) is 6.61 Å². The number of benzene rings is 5. The molecule has 43 heavy (non-hydrogen) atoms. The van der Waals surface area contributed by atoms with Crippen LogP contribution in [-0.4, -0.2) is 42.4 Å². The molecule has 6 heteroatoms. The van der Waals surface area contributed by atoms with E-state index < -0.39 is 30.7 Å². The van der Waals surface area contributed by atoms with E-state index in [1.807, 2.05) is 133 Å². The van der Waals surface area contributed by atoms with E-state index >= 15 is 0 Å². The highest BCUT2D eigenvalue weighted by molar-refractivity contribution is 5.83. The number of aliphatic hydroxyl groups excluding tert-OH is 1. The lowest BCUT2D eigenvalue weighted by molar-refractivity contribution is -0.299. The first-order valence-corrected chi connectivity index (χ1v) is 14.6. The molecule has 0 spiro atoms. The highest BCUT2D eigenvalue weighted by atomic mass is 16.7. The predicted molar refractivity (Wildman–Crippen MR) is 165 cm³/mol. The molecule has 6 nitrogen and oxygen atoms in total. The molecule has 6 rings (SSSR count). The first-order chi connectivity index (χ1) is 21.2. The first-order valence-electron chi connectivity index (χ1n) is 14.6. The van der Waals surface area contributed by atoms with Crippen molar-refractivity contribution in [2.24, 2.45) is 0 Å². The molecule has 1 saturated heterocycles. The zero-order chi connectivity index (χ0) is 29.3. The van der Waals surface area contributed by atoms with E-state index in [9.17, 15) is 5.11 Å². The Balaban J connectivity index is 1.25. The molecule has 0 radical (unpaired) electrons. The van der Waals surface area contributed by atoms with Crippen molar-refractivity contribution in [3.8, 4) is 5.75 Å². The van der Waals surface area contributed by atoms with Gasteiger partial charge in [0.2, 0.25) is 6.29 Å². The molecule has 0 aliphatic carbocycles. The Kier molecular flexibility index (Phi) is 9.74. The van der Waals surface area contributed by atoms with Crippen molar-refractivity contribution < 1.29 is 28.8 Å². The third kappa shape index (κ3) is 7.68. The summed E-state index contributed by atoms with van der Waals surface area (Å²) < 4.78 is 31.8. The van der Waals surface area contributed by atoms with E-state index in [4.69, 9.17) is 23.7 Å². The molecule has 1 fully saturated rings. The molecule has 1 aliphatic heterocycles. The van der Waals surface area contributed by atoms with E-state index in [2.05, 4.69) is 0 Å². The third-order valence-electron chi connectivity index (χ3n) is 7.55. The molecule has 1 N–H and O–H groups in total. The molecule has 0 aromatic heterocycles. The van der Waals surface area contributed by atoms with Gasteiger partial charge in [0.15, 0.2) is 0 Å². The largest absolute Gasteiger partial charge is 0.462 e. The second-order valence-electron chi connectivity index (χ2n) is 10.7. The van der Waals surface area contributed by atoms with Gasteiger partial charge in [-0.15, -0.1) is 0 Å². The predicted octanol–water partition coefficient (Wildman–Crippen LogP) is 6.69. The third-order valence-corrected chi connectivity index (χ3v) is 7.55. The quantitative estimate of drug-likeness (QED) is 0.179. The number of hydrogen-bond donors (Lipinski definition) is 1. The van der Waals surface area contributed by atoms with Gasteiger partial charge in [-0.2, -0.15) is 0 Å². The van der Waals surface area contributed by atoms with E-state index in [1.54, 1.807) is 0 Å². The fourth-order valence-electron chi connectivity index (χ4n) is 5.29. The Morgan fingerprint density at radius 1 is 0.558 bits per heavy atom. The SMILES string of the molecule is O[C@H]1[C@H](Oc2ccc3ccccc3c2)O[C@H](COCc2ccccc2)[C@@H](OCc2ccccc2)[C@@H]1OCc1ccccc1. The van der Waals surface area contributed by atoms with Crippen molar-refractivity contribution in [3.63, 3.8) is 0 Å². The molecule has 1 heterocycles. The molecular formula is C37H36O6. The summed E-state index contributed by atoms with van der Waals surface area (Å²) in [5.74, 6) is 0.595. The van der Waals surface area contributed by atoms with Crippen molar-refractivity contribution >= 4 is 10.8 Å². The van der Waals surface area contributed by atoms with Crippen molar-refractivity contribution in [1.82, 2.24) is 0 Å². The lowest BCUT2D eigenvalue weighted by atomic mass is 9.98. The maximum absolute atomic E-state index is 11.7. The second kappa shape index (κ2) is 14.4. The van der Waals surface area contributed by atoms with Gasteiger partial charge < -0.3 is 28.8 Å². The molecule has 0 amide bonds. The molecule has 5 aromatic carbocycles. The Bertz CT molecular complexity index is 1550. The maximum Gasteiger partial charge on any atom is 0.229 e. The van der Waals surface area contributed by atoms with Gasteiger partial charge >= 0.3 is 0 Å². The summed E-state index contributed by atoms with van der Waals surface area (Å²) in [6.45, 7) is 1.27. The van der Waals surface area contributed by atoms with Crippen LogP contribution in [0.4, 0.5) is 0 Å². The van der Waals surface area contributed by atoms with Crippen molar-refractivity contribution in [2.45, 2.75) is 50.5 Å². The van der Waals surface area contributed by atoms with Crippen LogP contribution in [0.15, 0.2) is 133 Å². The highest BCUT2D eigenvalue weighted by Crippen LogP contribution is 2.31. The minimum Gasteiger partial charge on any atom is -0.462 e. The lowest BCUT2D eigenvalue weighted by Crippen LogP contribution is -2.61. The monoisotopic (exact) mass is 576 g/mol. The van der Waals surface area contributed by atoms with Crippen LogP contribution in [-0.2, 0) is 38.8 Å². The summed E-state index contributed by atoms with van der Waals surface area (Å²) in [6, 6.07) is 43.7. The number of ether oxygens (including phenoxy) is 5. The van der Waals surface area contributed by atoms with Crippen LogP contribution in [0.2, 0.25) is 0 Å². The average molecular weight is 577 g/mol. The molecule has 1 aliphatic rings. The van der Waals surface area contributed by atoms with E-state index in [0.717, 1.165) is 27.5 Å². The van der Waals surface area contributed by atoms with Gasteiger partial charge in [0, 0.05) is 0 Å². The summed E-state index contributed by atoms with van der Waals surface area (Å²) in [5.41, 5.74) is 3.06. The van der Waals surface area contributed by atoms with Crippen LogP contribution in [0.5, 0.6) is 5.75 Å². The molecule has 0 saturated carbocycles. The van der Waals surface area contributed by atoms with E-state index in [-0.39, 0.29) is 6.61 Å². The van der Waals surface area contributed by atoms with Gasteiger partial charge in [-0.3, -0.25) is 0 Å². The van der Waals surface area contributed by atoms with Crippen molar-refractivity contribution in [3.05, 3.63) is 150 Å². The molecule has 220 valence electrons. The van der Waals surface area contributed by atoms with Crippen LogP contribution in [0.3, 0.4) is 0 Å². The number of hydrogen-bond acceptors (Lipinski definition) is 6. The highest BCUT2D eigenvalue weighted by Gasteiger charge is 2.48. The Labute approximate surface area is 252 Å². The van der Waals surface area contributed by atoms with Crippen LogP contribution < -0.4 is 4.74 Å². The van der Waals surface area contributed by atoms with Crippen LogP contribution >= 0.6 is 0 Å². The number of aliphatic hydroxyl groups is 1. The average Bonchev–Trinajstić information content (AvgIpc) is 3.06. The fraction of sp³-hybridized carbons (Fsp3) is 0.243.